The fourth-order valence-electron chi connectivity index (χ4n) is 2.95. The zero-order chi connectivity index (χ0) is 19.6. The Morgan fingerprint density at radius 1 is 1.26 bits per heavy atom. The number of aromatic nitrogens is 2. The molecule has 1 N–H and O–H groups in total. The lowest BCUT2D eigenvalue weighted by molar-refractivity contribution is -0.122. The SMILES string of the molecule is CCc1ccc(N2C[C@H](C(=O)Nc3nnc(C(C)(C)CC)s3)CC2=O)cc1. The van der Waals surface area contributed by atoms with Crippen LogP contribution in [0.5, 0.6) is 0 Å². The molecule has 6 nitrogen and oxygen atoms in total. The van der Waals surface area contributed by atoms with Gasteiger partial charge in [0.2, 0.25) is 16.9 Å². The van der Waals surface area contributed by atoms with Gasteiger partial charge in [0.15, 0.2) is 0 Å². The minimum absolute atomic E-state index is 0.0236. The molecule has 1 atom stereocenters. The van der Waals surface area contributed by atoms with Gasteiger partial charge in [0, 0.05) is 24.1 Å². The lowest BCUT2D eigenvalue weighted by Gasteiger charge is -2.17. The van der Waals surface area contributed by atoms with Crippen molar-refractivity contribution in [1.29, 1.82) is 0 Å². The highest BCUT2D eigenvalue weighted by molar-refractivity contribution is 7.15. The Hall–Kier alpha value is -2.28. The maximum atomic E-state index is 12.6. The molecule has 3 rings (SSSR count). The van der Waals surface area contributed by atoms with Crippen LogP contribution < -0.4 is 10.2 Å². The number of aryl methyl sites for hydroxylation is 1. The van der Waals surface area contributed by atoms with E-state index in [2.05, 4.69) is 43.2 Å². The molecule has 2 aromatic rings. The lowest BCUT2D eigenvalue weighted by Crippen LogP contribution is -2.28. The first-order chi connectivity index (χ1) is 12.8. The van der Waals surface area contributed by atoms with E-state index in [1.54, 1.807) is 4.90 Å². The van der Waals surface area contributed by atoms with E-state index in [0.29, 0.717) is 11.7 Å². The first kappa shape index (κ1) is 19.5. The van der Waals surface area contributed by atoms with E-state index in [1.807, 2.05) is 24.3 Å². The van der Waals surface area contributed by atoms with Crippen molar-refractivity contribution in [2.45, 2.75) is 52.4 Å². The number of hydrogen-bond donors (Lipinski definition) is 1. The van der Waals surface area contributed by atoms with E-state index in [1.165, 1.54) is 16.9 Å². The van der Waals surface area contributed by atoms with Crippen molar-refractivity contribution in [3.05, 3.63) is 34.8 Å². The van der Waals surface area contributed by atoms with E-state index < -0.39 is 0 Å². The van der Waals surface area contributed by atoms with Gasteiger partial charge in [0.1, 0.15) is 5.01 Å². The summed E-state index contributed by atoms with van der Waals surface area (Å²) in [6, 6.07) is 7.93. The highest BCUT2D eigenvalue weighted by Gasteiger charge is 2.35. The molecule has 7 heteroatoms. The third-order valence-electron chi connectivity index (χ3n) is 5.27. The van der Waals surface area contributed by atoms with Crippen LogP contribution in [0.25, 0.3) is 0 Å². The first-order valence-electron chi connectivity index (χ1n) is 9.38. The summed E-state index contributed by atoms with van der Waals surface area (Å²) < 4.78 is 0. The molecule has 0 unspecified atom stereocenters. The highest BCUT2D eigenvalue weighted by atomic mass is 32.1. The monoisotopic (exact) mass is 386 g/mol. The lowest BCUT2D eigenvalue weighted by atomic mass is 9.91. The smallest absolute Gasteiger partial charge is 0.231 e. The number of amides is 2. The molecule has 0 saturated carbocycles. The molecule has 0 spiro atoms. The van der Waals surface area contributed by atoms with Crippen LogP contribution in [-0.2, 0) is 21.4 Å². The van der Waals surface area contributed by atoms with Crippen LogP contribution in [0.3, 0.4) is 0 Å². The summed E-state index contributed by atoms with van der Waals surface area (Å²) in [5.74, 6) is -0.576. The second kappa shape index (κ2) is 7.76. The molecule has 2 amide bonds. The Kier molecular flexibility index (Phi) is 5.60. The summed E-state index contributed by atoms with van der Waals surface area (Å²) in [4.78, 5) is 26.7. The topological polar surface area (TPSA) is 75.2 Å². The number of anilines is 2. The van der Waals surface area contributed by atoms with Crippen molar-refractivity contribution in [1.82, 2.24) is 10.2 Å². The third kappa shape index (κ3) is 4.18. The van der Waals surface area contributed by atoms with Gasteiger partial charge in [-0.1, -0.05) is 51.2 Å². The van der Waals surface area contributed by atoms with Gasteiger partial charge < -0.3 is 10.2 Å². The molecule has 0 bridgehead atoms. The van der Waals surface area contributed by atoms with E-state index in [-0.39, 0.29) is 29.6 Å². The van der Waals surface area contributed by atoms with Crippen molar-refractivity contribution in [3.8, 4) is 0 Å². The third-order valence-corrected chi connectivity index (χ3v) is 6.47. The summed E-state index contributed by atoms with van der Waals surface area (Å²) in [6.45, 7) is 8.80. The molecule has 1 aromatic carbocycles. The number of benzene rings is 1. The van der Waals surface area contributed by atoms with Crippen molar-refractivity contribution in [2.24, 2.45) is 5.92 Å². The first-order valence-corrected chi connectivity index (χ1v) is 10.2. The maximum absolute atomic E-state index is 12.6. The van der Waals surface area contributed by atoms with Crippen molar-refractivity contribution < 1.29 is 9.59 Å². The number of nitrogens with zero attached hydrogens (tertiary/aromatic N) is 3. The minimum Gasteiger partial charge on any atom is -0.312 e. The zero-order valence-corrected chi connectivity index (χ0v) is 17.1. The Morgan fingerprint density at radius 2 is 1.96 bits per heavy atom. The summed E-state index contributed by atoms with van der Waals surface area (Å²) >= 11 is 1.40. The highest BCUT2D eigenvalue weighted by Crippen LogP contribution is 2.32. The van der Waals surface area contributed by atoms with E-state index in [9.17, 15) is 9.59 Å². The Balaban J connectivity index is 1.65. The molecule has 27 heavy (non-hydrogen) atoms. The molecule has 1 aliphatic rings. The molecule has 0 radical (unpaired) electrons. The van der Waals surface area contributed by atoms with Crippen molar-refractivity contribution in [3.63, 3.8) is 0 Å². The van der Waals surface area contributed by atoms with E-state index >= 15 is 0 Å². The number of carbonyl (C=O) groups is 2. The van der Waals surface area contributed by atoms with Gasteiger partial charge in [-0.2, -0.15) is 0 Å². The van der Waals surface area contributed by atoms with Crippen LogP contribution in [0.4, 0.5) is 10.8 Å². The summed E-state index contributed by atoms with van der Waals surface area (Å²) in [5, 5.41) is 12.5. The Labute approximate surface area is 164 Å². The number of carbonyl (C=O) groups excluding carboxylic acids is 2. The molecule has 1 aliphatic heterocycles. The van der Waals surface area contributed by atoms with E-state index in [0.717, 1.165) is 23.5 Å². The van der Waals surface area contributed by atoms with Crippen LogP contribution in [-0.4, -0.2) is 28.6 Å². The van der Waals surface area contributed by atoms with Gasteiger partial charge in [-0.15, -0.1) is 10.2 Å². The Bertz CT molecular complexity index is 829. The molecular formula is C20H26N4O2S. The van der Waals surface area contributed by atoms with Crippen LogP contribution in [0.1, 0.15) is 51.1 Å². The average Bonchev–Trinajstić information content (AvgIpc) is 3.29. The predicted molar refractivity (Wildman–Crippen MR) is 108 cm³/mol. The summed E-state index contributed by atoms with van der Waals surface area (Å²) in [5.41, 5.74) is 2.00. The largest absolute Gasteiger partial charge is 0.312 e. The van der Waals surface area contributed by atoms with Gasteiger partial charge in [-0.25, -0.2) is 0 Å². The molecule has 1 aromatic heterocycles. The van der Waals surface area contributed by atoms with Gasteiger partial charge in [-0.3, -0.25) is 9.59 Å². The second-order valence-electron chi connectivity index (χ2n) is 7.56. The zero-order valence-electron chi connectivity index (χ0n) is 16.3. The summed E-state index contributed by atoms with van der Waals surface area (Å²) in [6.07, 6.45) is 2.11. The van der Waals surface area contributed by atoms with Gasteiger partial charge in [-0.05, 0) is 30.5 Å². The van der Waals surface area contributed by atoms with Crippen molar-refractivity contribution in [2.75, 3.05) is 16.8 Å². The van der Waals surface area contributed by atoms with Gasteiger partial charge in [0.05, 0.1) is 5.92 Å². The van der Waals surface area contributed by atoms with Crippen LogP contribution in [0.15, 0.2) is 24.3 Å². The second-order valence-corrected chi connectivity index (χ2v) is 8.54. The molecule has 144 valence electrons. The minimum atomic E-state index is -0.380. The summed E-state index contributed by atoms with van der Waals surface area (Å²) in [7, 11) is 0. The van der Waals surface area contributed by atoms with Crippen LogP contribution >= 0.6 is 11.3 Å². The van der Waals surface area contributed by atoms with Crippen LogP contribution in [0, 0.1) is 5.92 Å². The predicted octanol–water partition coefficient (Wildman–Crippen LogP) is 3.78. The van der Waals surface area contributed by atoms with Gasteiger partial charge >= 0.3 is 0 Å². The van der Waals surface area contributed by atoms with E-state index in [4.69, 9.17) is 0 Å². The maximum Gasteiger partial charge on any atom is 0.231 e. The molecular weight excluding hydrogens is 360 g/mol. The van der Waals surface area contributed by atoms with Crippen LogP contribution in [0.2, 0.25) is 0 Å². The number of nitrogens with one attached hydrogen (secondary N) is 1. The molecule has 1 saturated heterocycles. The van der Waals surface area contributed by atoms with Crippen molar-refractivity contribution >= 4 is 34.0 Å². The quantitative estimate of drug-likeness (QED) is 0.820. The number of rotatable bonds is 6. The molecule has 0 aliphatic carbocycles. The Morgan fingerprint density at radius 3 is 2.59 bits per heavy atom. The normalized spacial score (nSPS) is 17.4. The molecule has 1 fully saturated rings. The fourth-order valence-corrected chi connectivity index (χ4v) is 3.87. The number of hydrogen-bond acceptors (Lipinski definition) is 5. The standard InChI is InChI=1S/C20H26N4O2S/c1-5-13-7-9-15(10-8-13)24-12-14(11-16(24)25)17(26)21-19-23-22-18(27-19)20(3,4)6-2/h7-10,14H,5-6,11-12H2,1-4H3,(H,21,23,26)/t14-/m1/s1. The fraction of sp³-hybridized carbons (Fsp3) is 0.500. The molecule has 2 heterocycles. The average molecular weight is 387 g/mol. The van der Waals surface area contributed by atoms with Gasteiger partial charge in [0.25, 0.3) is 0 Å².